The van der Waals surface area contributed by atoms with E-state index in [0.717, 1.165) is 31.4 Å². The summed E-state index contributed by atoms with van der Waals surface area (Å²) in [5, 5.41) is 9.51. The van der Waals surface area contributed by atoms with E-state index >= 15 is 0 Å². The second-order valence-electron chi connectivity index (χ2n) is 6.00. The summed E-state index contributed by atoms with van der Waals surface area (Å²) in [6, 6.07) is 10.8. The molecule has 2 nitrogen and oxygen atoms in total. The Morgan fingerprint density at radius 2 is 2.28 bits per heavy atom. The number of rotatable bonds is 2. The number of fused-ring (bicyclic) bond motifs is 1. The number of nitrogens with zero attached hydrogens (tertiary/aromatic N) is 1. The predicted octanol–water partition coefficient (Wildman–Crippen LogP) is 3.71. The molecule has 3 rings (SSSR count). The number of nitriles is 1. The van der Waals surface area contributed by atoms with Crippen molar-refractivity contribution in [2.24, 2.45) is 11.3 Å². The van der Waals surface area contributed by atoms with Crippen molar-refractivity contribution >= 4 is 0 Å². The molecule has 0 radical (unpaired) electrons. The highest BCUT2D eigenvalue weighted by Crippen LogP contribution is 2.46. The van der Waals surface area contributed by atoms with Crippen LogP contribution >= 0.6 is 0 Å². The maximum absolute atomic E-state index is 9.51. The van der Waals surface area contributed by atoms with Crippen LogP contribution < -0.4 is 4.74 Å². The lowest BCUT2D eigenvalue weighted by atomic mass is 9.81. The first-order valence-corrected chi connectivity index (χ1v) is 6.87. The molecule has 1 aromatic rings. The average molecular weight is 241 g/mol. The third kappa shape index (κ3) is 1.99. The van der Waals surface area contributed by atoms with Gasteiger partial charge in [0.25, 0.3) is 0 Å². The van der Waals surface area contributed by atoms with Gasteiger partial charge < -0.3 is 4.74 Å². The van der Waals surface area contributed by atoms with Crippen molar-refractivity contribution in [1.29, 1.82) is 5.26 Å². The topological polar surface area (TPSA) is 33.0 Å². The Morgan fingerprint density at radius 3 is 2.94 bits per heavy atom. The van der Waals surface area contributed by atoms with Gasteiger partial charge in [0.15, 0.2) is 0 Å². The summed E-state index contributed by atoms with van der Waals surface area (Å²) in [4.78, 5) is 0. The minimum Gasteiger partial charge on any atom is -0.490 e. The standard InChI is InChI=1S/C16H19NO/c1-12-6-7-16(9-12,11-17)10-14-8-13-4-2-3-5-15(13)18-14/h2-5,12,14H,6-10H2,1H3. The minimum absolute atomic E-state index is 0.133. The molecule has 0 N–H and O–H groups in total. The normalized spacial score (nSPS) is 33.8. The SMILES string of the molecule is CC1CCC(C#N)(CC2Cc3ccccc3O2)C1. The van der Waals surface area contributed by atoms with Crippen molar-refractivity contribution in [2.45, 2.75) is 45.1 Å². The second-order valence-corrected chi connectivity index (χ2v) is 6.00. The fourth-order valence-electron chi connectivity index (χ4n) is 3.53. The van der Waals surface area contributed by atoms with Gasteiger partial charge in [0.2, 0.25) is 0 Å². The lowest BCUT2D eigenvalue weighted by molar-refractivity contribution is 0.167. The predicted molar refractivity (Wildman–Crippen MR) is 70.2 cm³/mol. The summed E-state index contributed by atoms with van der Waals surface area (Å²) in [5.74, 6) is 1.70. The monoisotopic (exact) mass is 241 g/mol. The fourth-order valence-corrected chi connectivity index (χ4v) is 3.53. The quantitative estimate of drug-likeness (QED) is 0.790. The number of ether oxygens (including phenoxy) is 1. The van der Waals surface area contributed by atoms with Gasteiger partial charge in [-0.2, -0.15) is 5.26 Å². The van der Waals surface area contributed by atoms with Gasteiger partial charge >= 0.3 is 0 Å². The lowest BCUT2D eigenvalue weighted by Crippen LogP contribution is -2.25. The van der Waals surface area contributed by atoms with Crippen molar-refractivity contribution in [3.63, 3.8) is 0 Å². The van der Waals surface area contributed by atoms with E-state index in [9.17, 15) is 5.26 Å². The molecule has 94 valence electrons. The number of para-hydroxylation sites is 1. The van der Waals surface area contributed by atoms with E-state index in [2.05, 4.69) is 25.1 Å². The van der Waals surface area contributed by atoms with Gasteiger partial charge in [0.05, 0.1) is 11.5 Å². The Kier molecular flexibility index (Phi) is 2.78. The van der Waals surface area contributed by atoms with Crippen LogP contribution in [0.5, 0.6) is 5.75 Å². The summed E-state index contributed by atoms with van der Waals surface area (Å²) in [6.45, 7) is 2.25. The van der Waals surface area contributed by atoms with E-state index in [1.807, 2.05) is 12.1 Å². The maximum atomic E-state index is 9.51. The molecule has 2 aliphatic rings. The summed E-state index contributed by atoms with van der Waals surface area (Å²) in [7, 11) is 0. The molecule has 18 heavy (non-hydrogen) atoms. The molecule has 3 unspecified atom stereocenters. The van der Waals surface area contributed by atoms with Crippen molar-refractivity contribution < 1.29 is 4.74 Å². The van der Waals surface area contributed by atoms with E-state index in [1.54, 1.807) is 0 Å². The molecule has 0 amide bonds. The number of hydrogen-bond acceptors (Lipinski definition) is 2. The zero-order chi connectivity index (χ0) is 12.6. The highest BCUT2D eigenvalue weighted by atomic mass is 16.5. The van der Waals surface area contributed by atoms with Crippen LogP contribution in [0.2, 0.25) is 0 Å². The first-order chi connectivity index (χ1) is 8.71. The zero-order valence-electron chi connectivity index (χ0n) is 10.9. The lowest BCUT2D eigenvalue weighted by Gasteiger charge is -2.24. The van der Waals surface area contributed by atoms with Crippen LogP contribution in [0.1, 0.15) is 38.2 Å². The Balaban J connectivity index is 1.71. The van der Waals surface area contributed by atoms with Gasteiger partial charge in [-0.15, -0.1) is 0 Å². The van der Waals surface area contributed by atoms with E-state index in [0.29, 0.717) is 5.92 Å². The number of benzene rings is 1. The third-order valence-electron chi connectivity index (χ3n) is 4.42. The summed E-state index contributed by atoms with van der Waals surface area (Å²) in [6.07, 6.45) is 5.33. The van der Waals surface area contributed by atoms with Crippen LogP contribution in [-0.4, -0.2) is 6.10 Å². The van der Waals surface area contributed by atoms with Crippen LogP contribution in [0.4, 0.5) is 0 Å². The largest absolute Gasteiger partial charge is 0.490 e. The molecule has 2 heteroatoms. The zero-order valence-corrected chi connectivity index (χ0v) is 10.9. The van der Waals surface area contributed by atoms with E-state index in [-0.39, 0.29) is 11.5 Å². The summed E-state index contributed by atoms with van der Waals surface area (Å²) in [5.41, 5.74) is 1.16. The van der Waals surface area contributed by atoms with Gasteiger partial charge in [-0.1, -0.05) is 25.1 Å². The van der Waals surface area contributed by atoms with E-state index in [4.69, 9.17) is 4.74 Å². The first-order valence-electron chi connectivity index (χ1n) is 6.87. The molecule has 1 heterocycles. The average Bonchev–Trinajstić information content (AvgIpc) is 2.93. The highest BCUT2D eigenvalue weighted by molar-refractivity contribution is 5.37. The van der Waals surface area contributed by atoms with Crippen LogP contribution in [0.25, 0.3) is 0 Å². The molecular weight excluding hydrogens is 222 g/mol. The van der Waals surface area contributed by atoms with Gasteiger partial charge in [-0.05, 0) is 36.8 Å². The second kappa shape index (κ2) is 4.31. The van der Waals surface area contributed by atoms with Crippen LogP contribution in [0.3, 0.4) is 0 Å². The maximum Gasteiger partial charge on any atom is 0.123 e. The van der Waals surface area contributed by atoms with Crippen molar-refractivity contribution in [2.75, 3.05) is 0 Å². The molecular formula is C16H19NO. The minimum atomic E-state index is -0.133. The summed E-state index contributed by atoms with van der Waals surface area (Å²) >= 11 is 0. The molecule has 1 fully saturated rings. The molecule has 0 aromatic heterocycles. The van der Waals surface area contributed by atoms with Crippen LogP contribution in [0.15, 0.2) is 24.3 Å². The fraction of sp³-hybridized carbons (Fsp3) is 0.562. The molecule has 1 aliphatic carbocycles. The van der Waals surface area contributed by atoms with Gasteiger partial charge in [0, 0.05) is 12.8 Å². The molecule has 3 atom stereocenters. The number of hydrogen-bond donors (Lipinski definition) is 0. The summed E-state index contributed by atoms with van der Waals surface area (Å²) < 4.78 is 5.98. The molecule has 0 saturated heterocycles. The Morgan fingerprint density at radius 1 is 1.44 bits per heavy atom. The molecule has 1 aliphatic heterocycles. The molecule has 0 spiro atoms. The van der Waals surface area contributed by atoms with Gasteiger partial charge in [-0.25, -0.2) is 0 Å². The Hall–Kier alpha value is -1.49. The molecule has 1 saturated carbocycles. The van der Waals surface area contributed by atoms with Gasteiger partial charge in [0.1, 0.15) is 11.9 Å². The van der Waals surface area contributed by atoms with Crippen LogP contribution in [-0.2, 0) is 6.42 Å². The highest BCUT2D eigenvalue weighted by Gasteiger charge is 2.41. The first kappa shape index (κ1) is 11.6. The third-order valence-corrected chi connectivity index (χ3v) is 4.42. The van der Waals surface area contributed by atoms with E-state index in [1.165, 1.54) is 12.0 Å². The Labute approximate surface area is 109 Å². The van der Waals surface area contributed by atoms with Crippen LogP contribution in [0, 0.1) is 22.7 Å². The van der Waals surface area contributed by atoms with Crippen molar-refractivity contribution in [3.05, 3.63) is 29.8 Å². The van der Waals surface area contributed by atoms with Gasteiger partial charge in [-0.3, -0.25) is 0 Å². The smallest absolute Gasteiger partial charge is 0.123 e. The molecule has 0 bridgehead atoms. The van der Waals surface area contributed by atoms with Crippen molar-refractivity contribution in [1.82, 2.24) is 0 Å². The Bertz CT molecular complexity index is 465. The van der Waals surface area contributed by atoms with Crippen molar-refractivity contribution in [3.8, 4) is 11.8 Å². The van der Waals surface area contributed by atoms with E-state index < -0.39 is 0 Å². The molecule has 1 aromatic carbocycles.